The van der Waals surface area contributed by atoms with Crippen molar-refractivity contribution in [2.75, 3.05) is 17.2 Å². The Hall–Kier alpha value is -3.32. The number of ether oxygens (including phenoxy) is 1. The summed E-state index contributed by atoms with van der Waals surface area (Å²) in [6, 6.07) is 20.5. The molecule has 0 fully saturated rings. The maximum Gasteiger partial charge on any atom is 0.251 e. The van der Waals surface area contributed by atoms with Crippen LogP contribution in [-0.2, 0) is 29.4 Å². The van der Waals surface area contributed by atoms with Gasteiger partial charge in [-0.05, 0) is 98.2 Å². The van der Waals surface area contributed by atoms with E-state index in [4.69, 9.17) is 4.74 Å². The van der Waals surface area contributed by atoms with Gasteiger partial charge in [-0.2, -0.15) is 0 Å². The van der Waals surface area contributed by atoms with Gasteiger partial charge in [0.15, 0.2) is 0 Å². The lowest BCUT2D eigenvalue weighted by Crippen LogP contribution is -2.29. The number of rotatable bonds is 9. The van der Waals surface area contributed by atoms with Crippen LogP contribution >= 0.6 is 0 Å². The lowest BCUT2D eigenvalue weighted by molar-refractivity contribution is 0.0940. The summed E-state index contributed by atoms with van der Waals surface area (Å²) in [5, 5.41) is 3.09. The molecule has 190 valence electrons. The second kappa shape index (κ2) is 11.2. The summed E-state index contributed by atoms with van der Waals surface area (Å²) in [6.07, 6.45) is 5.90. The quantitative estimate of drug-likeness (QED) is 0.420. The highest BCUT2D eigenvalue weighted by molar-refractivity contribution is 7.92. The third kappa shape index (κ3) is 6.26. The molecule has 0 aromatic heterocycles. The predicted octanol–water partition coefficient (Wildman–Crippen LogP) is 5.42. The minimum Gasteiger partial charge on any atom is -0.494 e. The van der Waals surface area contributed by atoms with Crippen LogP contribution in [0.25, 0.3) is 0 Å². The highest BCUT2D eigenvalue weighted by Gasteiger charge is 2.19. The number of anilines is 1. The fourth-order valence-corrected chi connectivity index (χ4v) is 5.48. The van der Waals surface area contributed by atoms with Crippen molar-refractivity contribution in [3.05, 3.63) is 94.5 Å². The Kier molecular flexibility index (Phi) is 7.99. The van der Waals surface area contributed by atoms with E-state index in [-0.39, 0.29) is 18.5 Å². The molecule has 1 unspecified atom stereocenters. The Morgan fingerprint density at radius 1 is 0.972 bits per heavy atom. The van der Waals surface area contributed by atoms with Gasteiger partial charge in [0.25, 0.3) is 5.91 Å². The van der Waals surface area contributed by atoms with E-state index < -0.39 is 10.0 Å². The van der Waals surface area contributed by atoms with Gasteiger partial charge in [-0.1, -0.05) is 30.3 Å². The van der Waals surface area contributed by atoms with E-state index in [1.807, 2.05) is 13.8 Å². The van der Waals surface area contributed by atoms with Crippen molar-refractivity contribution < 1.29 is 17.9 Å². The number of nitrogens with one attached hydrogen (secondary N) is 1. The standard InChI is InChI=1S/C29H34N2O4S/c1-4-35-28-17-15-27(16-18-28)31(36(3,33)34)20-22-9-11-24(12-10-22)29(32)30-21(2)25-14-13-23-7-5-6-8-26(23)19-25/h9-19,21H,4-8,20H2,1-3H3,(H,30,32). The first-order chi connectivity index (χ1) is 17.2. The van der Waals surface area contributed by atoms with Crippen LogP contribution in [0.2, 0.25) is 0 Å². The molecule has 36 heavy (non-hydrogen) atoms. The number of sulfonamides is 1. The molecule has 4 rings (SSSR count). The Morgan fingerprint density at radius 3 is 2.28 bits per heavy atom. The lowest BCUT2D eigenvalue weighted by atomic mass is 9.89. The molecule has 1 atom stereocenters. The van der Waals surface area contributed by atoms with Crippen LogP contribution in [0.5, 0.6) is 5.75 Å². The fraction of sp³-hybridized carbons (Fsp3) is 0.345. The van der Waals surface area contributed by atoms with Crippen molar-refractivity contribution in [2.45, 2.75) is 52.1 Å². The molecule has 3 aromatic rings. The molecule has 0 saturated carbocycles. The Balaban J connectivity index is 1.43. The van der Waals surface area contributed by atoms with Gasteiger partial charge >= 0.3 is 0 Å². The van der Waals surface area contributed by atoms with Crippen molar-refractivity contribution in [3.63, 3.8) is 0 Å². The smallest absolute Gasteiger partial charge is 0.251 e. The minimum absolute atomic E-state index is 0.107. The predicted molar refractivity (Wildman–Crippen MR) is 144 cm³/mol. The normalized spacial score (nSPS) is 14.0. The Bertz CT molecular complexity index is 1300. The summed E-state index contributed by atoms with van der Waals surface area (Å²) in [5.41, 5.74) is 5.81. The van der Waals surface area contributed by atoms with Crippen LogP contribution in [0.15, 0.2) is 66.7 Å². The number of hydrogen-bond donors (Lipinski definition) is 1. The molecule has 0 saturated heterocycles. The van der Waals surface area contributed by atoms with Crippen LogP contribution in [0.1, 0.15) is 65.3 Å². The third-order valence-electron chi connectivity index (χ3n) is 6.60. The zero-order valence-corrected chi connectivity index (χ0v) is 22.0. The molecule has 6 nitrogen and oxygen atoms in total. The van der Waals surface area contributed by atoms with Gasteiger partial charge in [0.1, 0.15) is 5.75 Å². The molecule has 1 N–H and O–H groups in total. The monoisotopic (exact) mass is 506 g/mol. The average molecular weight is 507 g/mol. The zero-order valence-electron chi connectivity index (χ0n) is 21.2. The first-order valence-electron chi connectivity index (χ1n) is 12.5. The number of amides is 1. The van der Waals surface area contributed by atoms with Crippen molar-refractivity contribution in [2.24, 2.45) is 0 Å². The van der Waals surface area contributed by atoms with Gasteiger partial charge in [0.05, 0.1) is 31.1 Å². The molecular weight excluding hydrogens is 472 g/mol. The zero-order chi connectivity index (χ0) is 25.7. The second-order valence-electron chi connectivity index (χ2n) is 9.32. The first-order valence-corrected chi connectivity index (χ1v) is 14.3. The number of carbonyl (C=O) groups is 1. The molecule has 0 heterocycles. The van der Waals surface area contributed by atoms with Gasteiger partial charge in [0.2, 0.25) is 10.0 Å². The number of carbonyl (C=O) groups excluding carboxylic acids is 1. The third-order valence-corrected chi connectivity index (χ3v) is 7.74. The molecule has 1 amide bonds. The Labute approximate surface area is 214 Å². The van der Waals surface area contributed by atoms with Crippen LogP contribution < -0.4 is 14.4 Å². The van der Waals surface area contributed by atoms with Crippen molar-refractivity contribution >= 4 is 21.6 Å². The van der Waals surface area contributed by atoms with E-state index in [0.717, 1.165) is 24.0 Å². The molecule has 1 aliphatic carbocycles. The SMILES string of the molecule is CCOc1ccc(N(Cc2ccc(C(=O)NC(C)c3ccc4c(c3)CCCC4)cc2)S(C)(=O)=O)cc1. The van der Waals surface area contributed by atoms with E-state index in [0.29, 0.717) is 23.6 Å². The van der Waals surface area contributed by atoms with Gasteiger partial charge < -0.3 is 10.1 Å². The van der Waals surface area contributed by atoms with Crippen LogP contribution in [0.3, 0.4) is 0 Å². The summed E-state index contributed by atoms with van der Waals surface area (Å²) in [7, 11) is -3.51. The Morgan fingerprint density at radius 2 is 1.64 bits per heavy atom. The van der Waals surface area contributed by atoms with E-state index >= 15 is 0 Å². The van der Waals surface area contributed by atoms with Gasteiger partial charge in [-0.25, -0.2) is 8.42 Å². The van der Waals surface area contributed by atoms with E-state index in [9.17, 15) is 13.2 Å². The van der Waals surface area contributed by atoms with Crippen molar-refractivity contribution in [3.8, 4) is 5.75 Å². The molecule has 0 bridgehead atoms. The second-order valence-corrected chi connectivity index (χ2v) is 11.2. The first kappa shape index (κ1) is 25.8. The number of benzene rings is 3. The molecule has 7 heteroatoms. The van der Waals surface area contributed by atoms with Crippen LogP contribution in [0, 0.1) is 0 Å². The van der Waals surface area contributed by atoms with E-state index in [1.54, 1.807) is 48.5 Å². The molecule has 0 spiro atoms. The summed E-state index contributed by atoms with van der Waals surface area (Å²) in [6.45, 7) is 4.61. The highest BCUT2D eigenvalue weighted by atomic mass is 32.2. The molecule has 0 aliphatic heterocycles. The maximum absolute atomic E-state index is 12.9. The van der Waals surface area contributed by atoms with E-state index in [1.165, 1.54) is 34.5 Å². The molecule has 1 aliphatic rings. The van der Waals surface area contributed by atoms with Gasteiger partial charge in [-0.15, -0.1) is 0 Å². The average Bonchev–Trinajstić information content (AvgIpc) is 2.87. The summed E-state index contributed by atoms with van der Waals surface area (Å²) < 4.78 is 31.8. The minimum atomic E-state index is -3.51. The molecule has 3 aromatic carbocycles. The fourth-order valence-electron chi connectivity index (χ4n) is 4.59. The topological polar surface area (TPSA) is 75.7 Å². The lowest BCUT2D eigenvalue weighted by Gasteiger charge is -2.23. The number of hydrogen-bond acceptors (Lipinski definition) is 4. The number of aryl methyl sites for hydroxylation is 2. The van der Waals surface area contributed by atoms with Crippen LogP contribution in [0.4, 0.5) is 5.69 Å². The van der Waals surface area contributed by atoms with Crippen molar-refractivity contribution in [1.82, 2.24) is 5.32 Å². The molecule has 0 radical (unpaired) electrons. The van der Waals surface area contributed by atoms with Gasteiger partial charge in [-0.3, -0.25) is 9.10 Å². The largest absolute Gasteiger partial charge is 0.494 e. The van der Waals surface area contributed by atoms with Gasteiger partial charge in [0, 0.05) is 5.56 Å². The summed E-state index contributed by atoms with van der Waals surface area (Å²) in [5.74, 6) is 0.535. The van der Waals surface area contributed by atoms with E-state index in [2.05, 4.69) is 23.5 Å². The number of nitrogens with zero attached hydrogens (tertiary/aromatic N) is 1. The van der Waals surface area contributed by atoms with Crippen LogP contribution in [-0.4, -0.2) is 27.2 Å². The summed E-state index contributed by atoms with van der Waals surface area (Å²) >= 11 is 0. The maximum atomic E-state index is 12.9. The highest BCUT2D eigenvalue weighted by Crippen LogP contribution is 2.26. The van der Waals surface area contributed by atoms with Crippen molar-refractivity contribution in [1.29, 1.82) is 0 Å². The molecular formula is C29H34N2O4S. The number of fused-ring (bicyclic) bond motifs is 1. The summed E-state index contributed by atoms with van der Waals surface area (Å²) in [4.78, 5) is 12.9.